The van der Waals surface area contributed by atoms with Crippen molar-refractivity contribution in [1.29, 1.82) is 0 Å². The Labute approximate surface area is 101 Å². The van der Waals surface area contributed by atoms with E-state index in [0.717, 1.165) is 19.3 Å². The van der Waals surface area contributed by atoms with Crippen LogP contribution in [-0.4, -0.2) is 40.8 Å². The third-order valence-electron chi connectivity index (χ3n) is 3.04. The van der Waals surface area contributed by atoms with Crippen LogP contribution in [0.3, 0.4) is 0 Å². The third kappa shape index (κ3) is 3.22. The number of carboxylic acids is 1. The molecular formula is C12H19NO4. The Kier molecular flexibility index (Phi) is 5.00. The molecule has 17 heavy (non-hydrogen) atoms. The summed E-state index contributed by atoms with van der Waals surface area (Å²) in [6.07, 6.45) is 3.83. The number of carbonyl (C=O) groups is 2. The van der Waals surface area contributed by atoms with E-state index in [1.807, 2.05) is 6.92 Å². The van der Waals surface area contributed by atoms with Crippen LogP contribution in [0.2, 0.25) is 0 Å². The zero-order chi connectivity index (χ0) is 12.8. The Morgan fingerprint density at radius 2 is 2.24 bits per heavy atom. The normalized spacial score (nSPS) is 24.2. The molecule has 1 fully saturated rings. The molecule has 0 aromatic carbocycles. The Morgan fingerprint density at radius 3 is 2.76 bits per heavy atom. The minimum absolute atomic E-state index is 0.0397. The topological polar surface area (TPSA) is 66.8 Å². The fraction of sp³-hybridized carbons (Fsp3) is 0.667. The summed E-state index contributed by atoms with van der Waals surface area (Å²) in [7, 11) is 0. The number of hydrogen-bond acceptors (Lipinski definition) is 3. The highest BCUT2D eigenvalue weighted by atomic mass is 16.6. The standard InChI is InChI=1S/C12H19NO4/c1-3-8-17-12(16)13-9(4-2)6-5-7-10(13)11(14)15/h3,9-10H,1,4-8H2,2H3,(H,14,15)/t9-,10-/m1/s1. The number of carbonyl (C=O) groups excluding carboxylic acids is 1. The van der Waals surface area contributed by atoms with Gasteiger partial charge >= 0.3 is 12.1 Å². The molecule has 0 radical (unpaired) electrons. The smallest absolute Gasteiger partial charge is 0.411 e. The molecular weight excluding hydrogens is 222 g/mol. The van der Waals surface area contributed by atoms with E-state index in [9.17, 15) is 9.59 Å². The molecule has 0 aromatic rings. The maximum atomic E-state index is 11.8. The van der Waals surface area contributed by atoms with E-state index in [2.05, 4.69) is 6.58 Å². The van der Waals surface area contributed by atoms with Crippen LogP contribution in [0, 0.1) is 0 Å². The molecule has 0 aromatic heterocycles. The first-order valence-electron chi connectivity index (χ1n) is 5.90. The average Bonchev–Trinajstić information content (AvgIpc) is 2.34. The van der Waals surface area contributed by atoms with Crippen molar-refractivity contribution < 1.29 is 19.4 Å². The number of nitrogens with zero attached hydrogens (tertiary/aromatic N) is 1. The predicted octanol–water partition coefficient (Wildman–Crippen LogP) is 2.03. The van der Waals surface area contributed by atoms with Crippen LogP contribution in [0.1, 0.15) is 32.6 Å². The monoisotopic (exact) mass is 241 g/mol. The van der Waals surface area contributed by atoms with E-state index in [4.69, 9.17) is 9.84 Å². The van der Waals surface area contributed by atoms with Crippen LogP contribution in [0.15, 0.2) is 12.7 Å². The lowest BCUT2D eigenvalue weighted by atomic mass is 9.94. The van der Waals surface area contributed by atoms with Gasteiger partial charge in [0.15, 0.2) is 0 Å². The first-order chi connectivity index (χ1) is 8.11. The highest BCUT2D eigenvalue weighted by Gasteiger charge is 2.38. The summed E-state index contributed by atoms with van der Waals surface area (Å²) in [5, 5.41) is 9.13. The van der Waals surface area contributed by atoms with Crippen molar-refractivity contribution in [2.45, 2.75) is 44.7 Å². The predicted molar refractivity (Wildman–Crippen MR) is 62.7 cm³/mol. The molecule has 1 N–H and O–H groups in total. The Bertz CT molecular complexity index is 303. The minimum Gasteiger partial charge on any atom is -0.480 e. The van der Waals surface area contributed by atoms with Crippen molar-refractivity contribution in [3.63, 3.8) is 0 Å². The fourth-order valence-corrected chi connectivity index (χ4v) is 2.20. The van der Waals surface area contributed by atoms with E-state index in [1.165, 1.54) is 11.0 Å². The van der Waals surface area contributed by atoms with Crippen LogP contribution in [-0.2, 0) is 9.53 Å². The van der Waals surface area contributed by atoms with Crippen LogP contribution in [0.25, 0.3) is 0 Å². The number of hydrogen-bond donors (Lipinski definition) is 1. The molecule has 0 aliphatic carbocycles. The molecule has 1 rings (SSSR count). The third-order valence-corrected chi connectivity index (χ3v) is 3.04. The average molecular weight is 241 g/mol. The molecule has 1 saturated heterocycles. The lowest BCUT2D eigenvalue weighted by molar-refractivity contribution is -0.145. The molecule has 1 heterocycles. The van der Waals surface area contributed by atoms with Crippen LogP contribution >= 0.6 is 0 Å². The molecule has 1 aliphatic rings. The lowest BCUT2D eigenvalue weighted by Crippen LogP contribution is -2.53. The number of rotatable bonds is 4. The van der Waals surface area contributed by atoms with Gasteiger partial charge in [0.2, 0.25) is 0 Å². The second-order valence-electron chi connectivity index (χ2n) is 4.12. The lowest BCUT2D eigenvalue weighted by Gasteiger charge is -2.38. The van der Waals surface area contributed by atoms with Crippen molar-refractivity contribution in [2.24, 2.45) is 0 Å². The molecule has 0 saturated carbocycles. The van der Waals surface area contributed by atoms with Crippen molar-refractivity contribution in [3.05, 3.63) is 12.7 Å². The van der Waals surface area contributed by atoms with Gasteiger partial charge in [-0.1, -0.05) is 19.6 Å². The van der Waals surface area contributed by atoms with E-state index < -0.39 is 18.1 Å². The van der Waals surface area contributed by atoms with Gasteiger partial charge in [0.1, 0.15) is 12.6 Å². The summed E-state index contributed by atoms with van der Waals surface area (Å²) in [6.45, 7) is 5.52. The SMILES string of the molecule is C=CCOC(=O)N1[C@H](CC)CCC[C@@H]1C(=O)O. The number of amides is 1. The highest BCUT2D eigenvalue weighted by molar-refractivity contribution is 5.80. The summed E-state index contributed by atoms with van der Waals surface area (Å²) < 4.78 is 4.95. The van der Waals surface area contributed by atoms with Crippen LogP contribution < -0.4 is 0 Å². The van der Waals surface area contributed by atoms with Crippen molar-refractivity contribution in [1.82, 2.24) is 4.90 Å². The maximum absolute atomic E-state index is 11.8. The Morgan fingerprint density at radius 1 is 1.53 bits per heavy atom. The summed E-state index contributed by atoms with van der Waals surface area (Å²) >= 11 is 0. The van der Waals surface area contributed by atoms with E-state index >= 15 is 0 Å². The molecule has 0 bridgehead atoms. The minimum atomic E-state index is -0.960. The molecule has 1 aliphatic heterocycles. The quantitative estimate of drug-likeness (QED) is 0.765. The zero-order valence-corrected chi connectivity index (χ0v) is 10.1. The van der Waals surface area contributed by atoms with Gasteiger partial charge in [-0.3, -0.25) is 4.90 Å². The first kappa shape index (κ1) is 13.5. The maximum Gasteiger partial charge on any atom is 0.411 e. The molecule has 2 atom stereocenters. The summed E-state index contributed by atoms with van der Waals surface area (Å²) in [5.41, 5.74) is 0. The zero-order valence-electron chi connectivity index (χ0n) is 10.1. The van der Waals surface area contributed by atoms with Gasteiger partial charge in [-0.05, 0) is 25.7 Å². The van der Waals surface area contributed by atoms with E-state index in [0.29, 0.717) is 6.42 Å². The van der Waals surface area contributed by atoms with E-state index in [-0.39, 0.29) is 12.6 Å². The molecule has 96 valence electrons. The number of carboxylic acid groups (broad SMARTS) is 1. The second kappa shape index (κ2) is 6.27. The fourth-order valence-electron chi connectivity index (χ4n) is 2.20. The first-order valence-corrected chi connectivity index (χ1v) is 5.90. The van der Waals surface area contributed by atoms with Gasteiger partial charge in [0.25, 0.3) is 0 Å². The summed E-state index contributed by atoms with van der Waals surface area (Å²) in [5.74, 6) is -0.960. The van der Waals surface area contributed by atoms with Crippen LogP contribution in [0.5, 0.6) is 0 Å². The number of ether oxygens (including phenoxy) is 1. The van der Waals surface area contributed by atoms with Crippen LogP contribution in [0.4, 0.5) is 4.79 Å². The second-order valence-corrected chi connectivity index (χ2v) is 4.12. The van der Waals surface area contributed by atoms with Gasteiger partial charge in [-0.2, -0.15) is 0 Å². The molecule has 0 unspecified atom stereocenters. The van der Waals surface area contributed by atoms with Crippen molar-refractivity contribution >= 4 is 12.1 Å². The highest BCUT2D eigenvalue weighted by Crippen LogP contribution is 2.26. The molecule has 5 nitrogen and oxygen atoms in total. The Balaban J connectivity index is 2.79. The summed E-state index contributed by atoms with van der Waals surface area (Å²) in [6, 6.07) is -0.798. The van der Waals surface area contributed by atoms with Gasteiger partial charge < -0.3 is 9.84 Å². The molecule has 0 spiro atoms. The number of piperidine rings is 1. The Hall–Kier alpha value is -1.52. The van der Waals surface area contributed by atoms with Gasteiger partial charge in [0.05, 0.1) is 0 Å². The van der Waals surface area contributed by atoms with Crippen molar-refractivity contribution in [2.75, 3.05) is 6.61 Å². The molecule has 1 amide bonds. The largest absolute Gasteiger partial charge is 0.480 e. The van der Waals surface area contributed by atoms with Gasteiger partial charge in [0, 0.05) is 6.04 Å². The van der Waals surface area contributed by atoms with Crippen molar-refractivity contribution in [3.8, 4) is 0 Å². The van der Waals surface area contributed by atoms with E-state index in [1.54, 1.807) is 0 Å². The number of likely N-dealkylation sites (tertiary alicyclic amines) is 1. The summed E-state index contributed by atoms with van der Waals surface area (Å²) in [4.78, 5) is 24.3. The number of aliphatic carboxylic acids is 1. The molecule has 5 heteroatoms. The van der Waals surface area contributed by atoms with Gasteiger partial charge in [-0.15, -0.1) is 0 Å². The van der Waals surface area contributed by atoms with Gasteiger partial charge in [-0.25, -0.2) is 9.59 Å².